The highest BCUT2D eigenvalue weighted by Gasteiger charge is 2.28. The van der Waals surface area contributed by atoms with Crippen molar-refractivity contribution in [2.75, 3.05) is 13.2 Å². The van der Waals surface area contributed by atoms with Gasteiger partial charge in [0, 0.05) is 12.6 Å². The maximum atomic E-state index is 11.7. The molecule has 0 spiro atoms. The second kappa shape index (κ2) is 7.21. The first-order valence-corrected chi connectivity index (χ1v) is 6.43. The molecule has 5 heteroatoms. The summed E-state index contributed by atoms with van der Waals surface area (Å²) in [6, 6.07) is 0.282. The number of rotatable bonds is 5. The van der Waals surface area contributed by atoms with Gasteiger partial charge in [-0.2, -0.15) is 0 Å². The van der Waals surface area contributed by atoms with Crippen LogP contribution in [0.25, 0.3) is 0 Å². The lowest BCUT2D eigenvalue weighted by molar-refractivity contribution is -0.323. The minimum absolute atomic E-state index is 0.261. The minimum atomic E-state index is -4.51. The van der Waals surface area contributed by atoms with E-state index in [1.54, 1.807) is 0 Å². The number of halogens is 3. The Morgan fingerprint density at radius 3 is 2.29 bits per heavy atom. The van der Waals surface area contributed by atoms with Gasteiger partial charge in [0.1, 0.15) is 0 Å². The molecule has 0 bridgehead atoms. The van der Waals surface area contributed by atoms with Crippen molar-refractivity contribution in [3.05, 3.63) is 0 Å². The highest BCUT2D eigenvalue weighted by molar-refractivity contribution is 4.74. The van der Waals surface area contributed by atoms with Crippen LogP contribution in [0.5, 0.6) is 0 Å². The van der Waals surface area contributed by atoms with Crippen molar-refractivity contribution in [2.45, 2.75) is 57.9 Å². The zero-order chi connectivity index (χ0) is 12.7. The van der Waals surface area contributed by atoms with E-state index in [1.165, 1.54) is 38.5 Å². The molecule has 0 saturated heterocycles. The van der Waals surface area contributed by atoms with Gasteiger partial charge in [-0.05, 0) is 25.7 Å². The van der Waals surface area contributed by atoms with Crippen molar-refractivity contribution in [1.82, 2.24) is 5.32 Å². The van der Waals surface area contributed by atoms with Crippen molar-refractivity contribution >= 4 is 0 Å². The Bertz CT molecular complexity index is 200. The van der Waals surface area contributed by atoms with Crippen LogP contribution in [0.1, 0.15) is 45.4 Å². The maximum Gasteiger partial charge on any atom is 0.522 e. The van der Waals surface area contributed by atoms with Gasteiger partial charge in [0.2, 0.25) is 0 Å². The molecule has 0 unspecified atom stereocenters. The number of hydrogen-bond donors (Lipinski definition) is 1. The molecule has 0 radical (unpaired) electrons. The first-order valence-electron chi connectivity index (χ1n) is 6.43. The molecule has 1 atom stereocenters. The van der Waals surface area contributed by atoms with Gasteiger partial charge in [0.05, 0.1) is 6.61 Å². The molecule has 2 nitrogen and oxygen atoms in total. The SMILES string of the molecule is C[C@@H](NCCOC(F)(F)F)C1CCCCCC1. The van der Waals surface area contributed by atoms with Gasteiger partial charge in [-0.15, -0.1) is 13.2 Å². The molecular weight excluding hydrogens is 231 g/mol. The molecule has 1 aliphatic carbocycles. The molecule has 0 aromatic rings. The number of ether oxygens (including phenoxy) is 1. The van der Waals surface area contributed by atoms with Gasteiger partial charge in [-0.1, -0.05) is 25.7 Å². The summed E-state index contributed by atoms with van der Waals surface area (Å²) in [5.41, 5.74) is 0. The fourth-order valence-corrected chi connectivity index (χ4v) is 2.43. The van der Waals surface area contributed by atoms with E-state index in [-0.39, 0.29) is 19.2 Å². The Kier molecular flexibility index (Phi) is 6.27. The standard InChI is InChI=1S/C12H22F3NO/c1-10(11-6-4-2-3-5-7-11)16-8-9-17-12(13,14)15/h10-11,16H,2-9H2,1H3/t10-/m1/s1. The van der Waals surface area contributed by atoms with Crippen LogP contribution in [0.2, 0.25) is 0 Å². The second-order valence-electron chi connectivity index (χ2n) is 4.79. The summed E-state index contributed by atoms with van der Waals surface area (Å²) in [6.07, 6.45) is 2.95. The Morgan fingerprint density at radius 2 is 1.76 bits per heavy atom. The first-order chi connectivity index (χ1) is 7.99. The molecule has 0 aliphatic heterocycles. The van der Waals surface area contributed by atoms with E-state index in [9.17, 15) is 13.2 Å². The fraction of sp³-hybridized carbons (Fsp3) is 1.00. The normalized spacial score (nSPS) is 21.2. The van der Waals surface area contributed by atoms with Crippen molar-refractivity contribution in [2.24, 2.45) is 5.92 Å². The third-order valence-corrected chi connectivity index (χ3v) is 3.44. The number of nitrogens with one attached hydrogen (secondary N) is 1. The van der Waals surface area contributed by atoms with Crippen LogP contribution in [-0.2, 0) is 4.74 Å². The Labute approximate surface area is 101 Å². The van der Waals surface area contributed by atoms with Gasteiger partial charge < -0.3 is 5.32 Å². The van der Waals surface area contributed by atoms with Crippen molar-refractivity contribution in [3.8, 4) is 0 Å². The number of alkyl halides is 3. The number of hydrogen-bond acceptors (Lipinski definition) is 2. The van der Waals surface area contributed by atoms with Gasteiger partial charge in [0.25, 0.3) is 0 Å². The third kappa shape index (κ3) is 6.88. The molecule has 0 aromatic heterocycles. The van der Waals surface area contributed by atoms with E-state index < -0.39 is 6.36 Å². The maximum absolute atomic E-state index is 11.7. The molecule has 0 aromatic carbocycles. The Morgan fingerprint density at radius 1 is 1.18 bits per heavy atom. The molecule has 0 heterocycles. The summed E-state index contributed by atoms with van der Waals surface area (Å²) < 4.78 is 38.9. The van der Waals surface area contributed by atoms with Gasteiger partial charge in [0.15, 0.2) is 0 Å². The topological polar surface area (TPSA) is 21.3 Å². The lowest BCUT2D eigenvalue weighted by Gasteiger charge is -2.23. The molecule has 1 N–H and O–H groups in total. The Balaban J connectivity index is 2.13. The smallest absolute Gasteiger partial charge is 0.312 e. The van der Waals surface area contributed by atoms with Crippen LogP contribution in [0.3, 0.4) is 0 Å². The van der Waals surface area contributed by atoms with Gasteiger partial charge in [-0.25, -0.2) is 0 Å². The largest absolute Gasteiger partial charge is 0.522 e. The quantitative estimate of drug-likeness (QED) is 0.598. The first kappa shape index (κ1) is 14.8. The summed E-state index contributed by atoms with van der Waals surface area (Å²) in [7, 11) is 0. The highest BCUT2D eigenvalue weighted by atomic mass is 19.4. The van der Waals surface area contributed by atoms with Crippen molar-refractivity contribution in [1.29, 1.82) is 0 Å². The predicted molar refractivity (Wildman–Crippen MR) is 60.7 cm³/mol. The minimum Gasteiger partial charge on any atom is -0.312 e. The fourth-order valence-electron chi connectivity index (χ4n) is 2.43. The molecule has 1 rings (SSSR count). The van der Waals surface area contributed by atoms with E-state index in [2.05, 4.69) is 17.0 Å². The van der Waals surface area contributed by atoms with Crippen molar-refractivity contribution < 1.29 is 17.9 Å². The second-order valence-corrected chi connectivity index (χ2v) is 4.79. The molecule has 0 amide bonds. The summed E-state index contributed by atoms with van der Waals surface area (Å²) >= 11 is 0. The average molecular weight is 253 g/mol. The lowest BCUT2D eigenvalue weighted by atomic mass is 9.93. The van der Waals surface area contributed by atoms with E-state index in [1.807, 2.05) is 0 Å². The molecule has 17 heavy (non-hydrogen) atoms. The van der Waals surface area contributed by atoms with Crippen LogP contribution < -0.4 is 5.32 Å². The average Bonchev–Trinajstić information content (AvgIpc) is 2.51. The van der Waals surface area contributed by atoms with E-state index in [0.717, 1.165) is 0 Å². The molecule has 1 aliphatic rings. The molecule has 102 valence electrons. The summed E-state index contributed by atoms with van der Waals surface area (Å²) in [5.74, 6) is 0.600. The van der Waals surface area contributed by atoms with E-state index >= 15 is 0 Å². The van der Waals surface area contributed by atoms with Crippen LogP contribution in [0, 0.1) is 5.92 Å². The van der Waals surface area contributed by atoms with Crippen molar-refractivity contribution in [3.63, 3.8) is 0 Å². The molecule has 1 saturated carbocycles. The lowest BCUT2D eigenvalue weighted by Crippen LogP contribution is -2.36. The van der Waals surface area contributed by atoms with Crippen LogP contribution in [0.4, 0.5) is 13.2 Å². The third-order valence-electron chi connectivity index (χ3n) is 3.44. The monoisotopic (exact) mass is 253 g/mol. The van der Waals surface area contributed by atoms with Crippen LogP contribution in [0.15, 0.2) is 0 Å². The molecule has 1 fully saturated rings. The summed E-state index contributed by atoms with van der Waals surface area (Å²) in [4.78, 5) is 0. The van der Waals surface area contributed by atoms with E-state index in [4.69, 9.17) is 0 Å². The van der Waals surface area contributed by atoms with Crippen LogP contribution in [-0.4, -0.2) is 25.6 Å². The Hall–Kier alpha value is -0.290. The molecular formula is C12H22F3NO. The highest BCUT2D eigenvalue weighted by Crippen LogP contribution is 2.25. The van der Waals surface area contributed by atoms with Gasteiger partial charge >= 0.3 is 6.36 Å². The van der Waals surface area contributed by atoms with Gasteiger partial charge in [-0.3, -0.25) is 4.74 Å². The predicted octanol–water partition coefficient (Wildman–Crippen LogP) is 3.47. The zero-order valence-electron chi connectivity index (χ0n) is 10.4. The van der Waals surface area contributed by atoms with E-state index in [0.29, 0.717) is 5.92 Å². The summed E-state index contributed by atoms with van der Waals surface area (Å²) in [5, 5.41) is 3.13. The van der Waals surface area contributed by atoms with Crippen LogP contribution >= 0.6 is 0 Å². The zero-order valence-corrected chi connectivity index (χ0v) is 10.4. The summed E-state index contributed by atoms with van der Waals surface area (Å²) in [6.45, 7) is 2.02.